The van der Waals surface area contributed by atoms with E-state index in [2.05, 4.69) is 0 Å². The van der Waals surface area contributed by atoms with E-state index in [0.717, 1.165) is 29.6 Å². The molecule has 0 N–H and O–H groups in total. The van der Waals surface area contributed by atoms with Gasteiger partial charge in [-0.15, -0.1) is 0 Å². The average Bonchev–Trinajstić information content (AvgIpc) is 2.51. The summed E-state index contributed by atoms with van der Waals surface area (Å²) in [7, 11) is 0. The zero-order chi connectivity index (χ0) is 8.09. The van der Waals surface area contributed by atoms with Gasteiger partial charge in [0.05, 0.1) is 0 Å². The van der Waals surface area contributed by atoms with Crippen molar-refractivity contribution in [3.05, 3.63) is 0 Å². The van der Waals surface area contributed by atoms with Crippen LogP contribution < -0.4 is 0 Å². The second-order valence-corrected chi connectivity index (χ2v) is 5.46. The molecule has 1 heteroatoms. The minimum Gasteiger partial charge on any atom is -0.299 e. The van der Waals surface area contributed by atoms with Gasteiger partial charge in [0.2, 0.25) is 0 Å². The largest absolute Gasteiger partial charge is 0.299 e. The number of hydrogen-bond donors (Lipinski definition) is 0. The van der Waals surface area contributed by atoms with Crippen LogP contribution in [0.3, 0.4) is 0 Å². The third-order valence-electron chi connectivity index (χ3n) is 5.46. The highest BCUT2D eigenvalue weighted by atomic mass is 16.1. The number of hydrogen-bond acceptors (Lipinski definition) is 1. The van der Waals surface area contributed by atoms with Gasteiger partial charge in [-0.25, -0.2) is 0 Å². The summed E-state index contributed by atoms with van der Waals surface area (Å²) in [4.78, 5) is 11.6. The van der Waals surface area contributed by atoms with Gasteiger partial charge in [-0.2, -0.15) is 0 Å². The summed E-state index contributed by atoms with van der Waals surface area (Å²) in [5.41, 5.74) is 0.271. The lowest BCUT2D eigenvalue weighted by atomic mass is 9.86. The van der Waals surface area contributed by atoms with E-state index in [1.807, 2.05) is 6.92 Å². The van der Waals surface area contributed by atoms with Crippen molar-refractivity contribution in [2.45, 2.75) is 26.2 Å². The SMILES string of the molecule is CC(=O)C12C3CC4CC(C3)C1C42. The second kappa shape index (κ2) is 1.40. The van der Waals surface area contributed by atoms with Crippen molar-refractivity contribution in [1.29, 1.82) is 0 Å². The summed E-state index contributed by atoms with van der Waals surface area (Å²) in [5.74, 6) is 5.06. The number of carbonyl (C=O) groups excluding carboxylic acids is 1. The molecule has 0 bridgehead atoms. The van der Waals surface area contributed by atoms with Crippen LogP contribution in [0.5, 0.6) is 0 Å². The minimum absolute atomic E-state index is 0.271. The molecule has 0 heterocycles. The molecule has 0 amide bonds. The topological polar surface area (TPSA) is 17.1 Å². The smallest absolute Gasteiger partial charge is 0.136 e. The lowest BCUT2D eigenvalue weighted by molar-refractivity contribution is -0.123. The number of carbonyl (C=O) groups is 1. The molecule has 4 fully saturated rings. The summed E-state index contributed by atoms with van der Waals surface area (Å²) < 4.78 is 0. The molecule has 4 aliphatic carbocycles. The van der Waals surface area contributed by atoms with E-state index in [4.69, 9.17) is 0 Å². The Kier molecular flexibility index (Phi) is 0.722. The van der Waals surface area contributed by atoms with Crippen LogP contribution in [0.15, 0.2) is 0 Å². The first-order valence-electron chi connectivity index (χ1n) is 5.27. The van der Waals surface area contributed by atoms with Crippen LogP contribution in [0.25, 0.3) is 0 Å². The molecule has 4 rings (SSSR count). The van der Waals surface area contributed by atoms with Crippen LogP contribution in [0.2, 0.25) is 0 Å². The highest BCUT2D eigenvalue weighted by Gasteiger charge is 2.85. The summed E-state index contributed by atoms with van der Waals surface area (Å²) >= 11 is 0. The second-order valence-electron chi connectivity index (χ2n) is 5.46. The predicted molar refractivity (Wildman–Crippen MR) is 44.4 cm³/mol. The van der Waals surface area contributed by atoms with E-state index < -0.39 is 0 Å². The first kappa shape index (κ1) is 6.17. The van der Waals surface area contributed by atoms with E-state index in [1.165, 1.54) is 19.3 Å². The third-order valence-corrected chi connectivity index (χ3v) is 5.46. The van der Waals surface area contributed by atoms with Crippen LogP contribution in [0.4, 0.5) is 0 Å². The Morgan fingerprint density at radius 1 is 1.17 bits per heavy atom. The van der Waals surface area contributed by atoms with Crippen molar-refractivity contribution in [1.82, 2.24) is 0 Å². The Morgan fingerprint density at radius 2 is 1.75 bits per heavy atom. The van der Waals surface area contributed by atoms with E-state index in [0.29, 0.717) is 5.78 Å². The molecule has 0 radical (unpaired) electrons. The summed E-state index contributed by atoms with van der Waals surface area (Å²) in [6, 6.07) is 0. The summed E-state index contributed by atoms with van der Waals surface area (Å²) in [6.45, 7) is 1.84. The molecule has 12 heavy (non-hydrogen) atoms. The van der Waals surface area contributed by atoms with Gasteiger partial charge in [0.25, 0.3) is 0 Å². The van der Waals surface area contributed by atoms with Gasteiger partial charge in [-0.3, -0.25) is 4.79 Å². The summed E-state index contributed by atoms with van der Waals surface area (Å²) in [5, 5.41) is 0. The minimum atomic E-state index is 0.271. The fourth-order valence-corrected chi connectivity index (χ4v) is 5.52. The number of Topliss-reactive ketones (excluding diaryl/α,β-unsaturated/α-hetero) is 1. The van der Waals surface area contributed by atoms with E-state index >= 15 is 0 Å². The van der Waals surface area contributed by atoms with Gasteiger partial charge in [-0.05, 0) is 55.8 Å². The Bertz CT molecular complexity index is 270. The zero-order valence-electron chi connectivity index (χ0n) is 7.42. The normalized spacial score (nSPS) is 68.9. The molecule has 64 valence electrons. The van der Waals surface area contributed by atoms with Gasteiger partial charge >= 0.3 is 0 Å². The maximum atomic E-state index is 11.6. The van der Waals surface area contributed by atoms with Gasteiger partial charge in [0.15, 0.2) is 0 Å². The van der Waals surface area contributed by atoms with Crippen molar-refractivity contribution < 1.29 is 4.79 Å². The first-order valence-corrected chi connectivity index (χ1v) is 5.27. The molecular weight excluding hydrogens is 148 g/mol. The lowest BCUT2D eigenvalue weighted by Crippen LogP contribution is -2.19. The number of rotatable bonds is 1. The first-order chi connectivity index (χ1) is 5.76. The van der Waals surface area contributed by atoms with Gasteiger partial charge < -0.3 is 0 Å². The highest BCUT2D eigenvalue weighted by Crippen LogP contribution is 2.87. The van der Waals surface area contributed by atoms with Crippen molar-refractivity contribution >= 4 is 5.78 Å². The van der Waals surface area contributed by atoms with Gasteiger partial charge in [0.1, 0.15) is 5.78 Å². The van der Waals surface area contributed by atoms with Crippen molar-refractivity contribution in [3.8, 4) is 0 Å². The van der Waals surface area contributed by atoms with Crippen LogP contribution in [0, 0.1) is 35.0 Å². The van der Waals surface area contributed by atoms with Crippen LogP contribution in [0.1, 0.15) is 26.2 Å². The molecule has 4 atom stereocenters. The quantitative estimate of drug-likeness (QED) is 0.575. The maximum absolute atomic E-state index is 11.6. The monoisotopic (exact) mass is 162 g/mol. The van der Waals surface area contributed by atoms with Crippen molar-refractivity contribution in [2.75, 3.05) is 0 Å². The van der Waals surface area contributed by atoms with Crippen LogP contribution >= 0.6 is 0 Å². The molecule has 1 nitrogen and oxygen atoms in total. The standard InChI is InChI=1S/C11H14O/c1-5(12)11-8-3-6-2-7(4-8)10(11)9(6)11/h6-10H,2-4H2,1H3. The van der Waals surface area contributed by atoms with E-state index in [9.17, 15) is 4.79 Å². The van der Waals surface area contributed by atoms with Crippen molar-refractivity contribution in [2.24, 2.45) is 35.0 Å². The molecule has 0 aromatic carbocycles. The maximum Gasteiger partial charge on any atom is 0.136 e. The van der Waals surface area contributed by atoms with Gasteiger partial charge in [0, 0.05) is 5.41 Å². The Morgan fingerprint density at radius 3 is 2.08 bits per heavy atom. The Hall–Kier alpha value is -0.330. The Balaban J connectivity index is 1.92. The molecule has 0 aliphatic heterocycles. The molecule has 4 unspecified atom stereocenters. The van der Waals surface area contributed by atoms with Gasteiger partial charge in [-0.1, -0.05) is 0 Å². The molecule has 0 spiro atoms. The molecule has 0 aromatic rings. The molecule has 4 aliphatic rings. The molecule has 0 saturated heterocycles. The average molecular weight is 162 g/mol. The fraction of sp³-hybridized carbons (Fsp3) is 0.909. The highest BCUT2D eigenvalue weighted by molar-refractivity contribution is 5.88. The molecule has 4 saturated carbocycles. The van der Waals surface area contributed by atoms with Crippen LogP contribution in [-0.2, 0) is 4.79 Å². The zero-order valence-corrected chi connectivity index (χ0v) is 7.42. The van der Waals surface area contributed by atoms with Crippen molar-refractivity contribution in [3.63, 3.8) is 0 Å². The predicted octanol–water partition coefficient (Wildman–Crippen LogP) is 1.87. The van der Waals surface area contributed by atoms with E-state index in [1.54, 1.807) is 0 Å². The third kappa shape index (κ3) is 0.348. The Labute approximate surface area is 72.5 Å². The number of ketones is 1. The summed E-state index contributed by atoms with van der Waals surface area (Å²) in [6.07, 6.45) is 4.27. The fourth-order valence-electron chi connectivity index (χ4n) is 5.52. The lowest BCUT2D eigenvalue weighted by Gasteiger charge is -2.18. The van der Waals surface area contributed by atoms with E-state index in [-0.39, 0.29) is 5.41 Å². The molecular formula is C11H14O. The molecule has 0 aromatic heterocycles. The van der Waals surface area contributed by atoms with Crippen LogP contribution in [-0.4, -0.2) is 5.78 Å².